The van der Waals surface area contributed by atoms with Crippen LogP contribution in [0.15, 0.2) is 6.20 Å². The maximum absolute atomic E-state index is 11.8. The Labute approximate surface area is 88.0 Å². The summed E-state index contributed by atoms with van der Waals surface area (Å²) in [6.07, 6.45) is 3.51. The minimum atomic E-state index is -1.07. The van der Waals surface area contributed by atoms with Gasteiger partial charge in [-0.1, -0.05) is 6.92 Å². The van der Waals surface area contributed by atoms with E-state index in [2.05, 4.69) is 10.2 Å². The molecule has 1 heterocycles. The third kappa shape index (κ3) is 1.26. The molecule has 2 unspecified atom stereocenters. The molecule has 0 aromatic carbocycles. The number of methoxy groups -OCH3 is 1. The van der Waals surface area contributed by atoms with E-state index >= 15 is 0 Å². The summed E-state index contributed by atoms with van der Waals surface area (Å²) in [6, 6.07) is 0. The van der Waals surface area contributed by atoms with E-state index in [1.54, 1.807) is 6.20 Å². The summed E-state index contributed by atoms with van der Waals surface area (Å²) in [5.74, 6) is -0.349. The van der Waals surface area contributed by atoms with E-state index in [0.29, 0.717) is 5.69 Å². The van der Waals surface area contributed by atoms with Crippen molar-refractivity contribution in [3.63, 3.8) is 0 Å². The number of rotatable bonds is 1. The molecule has 2 rings (SSSR count). The molecule has 1 aromatic heterocycles. The number of hydrogen-bond acceptors (Lipinski definition) is 4. The van der Waals surface area contributed by atoms with Crippen LogP contribution in [0.3, 0.4) is 0 Å². The number of aryl methyl sites for hydroxylation is 1. The molecule has 1 aliphatic carbocycles. The van der Waals surface area contributed by atoms with Crippen molar-refractivity contribution in [2.45, 2.75) is 25.3 Å². The Morgan fingerprint density at radius 3 is 3.20 bits per heavy atom. The number of H-pyrrole nitrogens is 1. The van der Waals surface area contributed by atoms with Crippen molar-refractivity contribution in [3.8, 4) is 0 Å². The predicted molar refractivity (Wildman–Crippen MR) is 54.0 cm³/mol. The Morgan fingerprint density at radius 2 is 2.53 bits per heavy atom. The van der Waals surface area contributed by atoms with Crippen LogP contribution in [0.25, 0.3) is 0 Å². The van der Waals surface area contributed by atoms with Gasteiger partial charge >= 0.3 is 5.97 Å². The average molecular weight is 209 g/mol. The van der Waals surface area contributed by atoms with Gasteiger partial charge in [0.05, 0.1) is 19.0 Å². The molecular weight excluding hydrogens is 194 g/mol. The molecule has 0 bridgehead atoms. The molecule has 1 aliphatic rings. The lowest BCUT2D eigenvalue weighted by Crippen LogP contribution is -2.53. The number of carbonyl (C=O) groups excluding carboxylic acids is 1. The highest BCUT2D eigenvalue weighted by atomic mass is 16.5. The maximum Gasteiger partial charge on any atom is 0.332 e. The number of fused-ring (bicyclic) bond motifs is 1. The number of ether oxygens (including phenoxy) is 1. The van der Waals surface area contributed by atoms with Crippen LogP contribution in [-0.4, -0.2) is 23.3 Å². The number of esters is 1. The Hall–Kier alpha value is -1.36. The zero-order valence-electron chi connectivity index (χ0n) is 8.91. The Morgan fingerprint density at radius 1 is 1.80 bits per heavy atom. The van der Waals surface area contributed by atoms with Crippen LogP contribution >= 0.6 is 0 Å². The van der Waals surface area contributed by atoms with E-state index < -0.39 is 11.5 Å². The van der Waals surface area contributed by atoms with Crippen molar-refractivity contribution in [3.05, 3.63) is 17.5 Å². The molecule has 0 fully saturated rings. The smallest absolute Gasteiger partial charge is 0.332 e. The summed E-state index contributed by atoms with van der Waals surface area (Å²) in [7, 11) is 1.36. The van der Waals surface area contributed by atoms with Gasteiger partial charge in [0.1, 0.15) is 0 Å². The van der Waals surface area contributed by atoms with Crippen molar-refractivity contribution in [2.24, 2.45) is 11.7 Å². The number of hydrogen-bond donors (Lipinski definition) is 2. The van der Waals surface area contributed by atoms with E-state index in [0.717, 1.165) is 18.4 Å². The first-order chi connectivity index (χ1) is 7.10. The molecule has 0 spiro atoms. The second-order valence-electron chi connectivity index (χ2n) is 4.07. The van der Waals surface area contributed by atoms with Gasteiger partial charge in [0.25, 0.3) is 0 Å². The number of aromatic amines is 1. The molecule has 0 aliphatic heterocycles. The second kappa shape index (κ2) is 3.34. The van der Waals surface area contributed by atoms with E-state index in [9.17, 15) is 4.79 Å². The highest BCUT2D eigenvalue weighted by molar-refractivity contribution is 5.82. The first-order valence-corrected chi connectivity index (χ1v) is 5.00. The SMILES string of the molecule is COC(=O)C1(N)c2[nH]ncc2CCC1C. The van der Waals surface area contributed by atoms with E-state index in [1.165, 1.54) is 7.11 Å². The van der Waals surface area contributed by atoms with Crippen molar-refractivity contribution in [1.29, 1.82) is 0 Å². The van der Waals surface area contributed by atoms with Crippen molar-refractivity contribution in [1.82, 2.24) is 10.2 Å². The van der Waals surface area contributed by atoms with Crippen LogP contribution in [0, 0.1) is 5.92 Å². The maximum atomic E-state index is 11.8. The number of nitrogens with zero attached hydrogens (tertiary/aromatic N) is 1. The van der Waals surface area contributed by atoms with Gasteiger partial charge in [0.15, 0.2) is 5.54 Å². The fourth-order valence-electron chi connectivity index (χ4n) is 2.18. The van der Waals surface area contributed by atoms with Crippen LogP contribution in [0.4, 0.5) is 0 Å². The summed E-state index contributed by atoms with van der Waals surface area (Å²) in [5, 5.41) is 6.76. The Balaban J connectivity index is 2.51. The quantitative estimate of drug-likeness (QED) is 0.653. The van der Waals surface area contributed by atoms with Gasteiger partial charge in [-0.15, -0.1) is 0 Å². The second-order valence-corrected chi connectivity index (χ2v) is 4.07. The number of nitrogens with two attached hydrogens (primary N) is 1. The van der Waals surface area contributed by atoms with Crippen molar-refractivity contribution < 1.29 is 9.53 Å². The summed E-state index contributed by atoms with van der Waals surface area (Å²) < 4.78 is 4.78. The molecule has 5 nitrogen and oxygen atoms in total. The number of aromatic nitrogens is 2. The van der Waals surface area contributed by atoms with Gasteiger partial charge in [-0.3, -0.25) is 5.10 Å². The molecule has 0 saturated carbocycles. The molecular formula is C10H15N3O2. The van der Waals surface area contributed by atoms with Crippen molar-refractivity contribution in [2.75, 3.05) is 7.11 Å². The Bertz CT molecular complexity index is 388. The van der Waals surface area contributed by atoms with E-state index in [-0.39, 0.29) is 5.92 Å². The molecule has 5 heteroatoms. The van der Waals surface area contributed by atoms with Crippen LogP contribution in [0.2, 0.25) is 0 Å². The van der Waals surface area contributed by atoms with Gasteiger partial charge in [0, 0.05) is 0 Å². The highest BCUT2D eigenvalue weighted by Crippen LogP contribution is 2.37. The topological polar surface area (TPSA) is 81.0 Å². The molecule has 0 radical (unpaired) electrons. The zero-order chi connectivity index (χ0) is 11.1. The minimum absolute atomic E-state index is 0.0536. The van der Waals surface area contributed by atoms with Crippen LogP contribution in [-0.2, 0) is 21.5 Å². The number of carbonyl (C=O) groups is 1. The predicted octanol–water partition coefficient (Wildman–Crippen LogP) is 0.319. The molecule has 0 saturated heterocycles. The fraction of sp³-hybridized carbons (Fsp3) is 0.600. The Kier molecular flexibility index (Phi) is 2.26. The van der Waals surface area contributed by atoms with Gasteiger partial charge in [-0.25, -0.2) is 4.79 Å². The summed E-state index contributed by atoms with van der Waals surface area (Å²) in [6.45, 7) is 1.96. The first kappa shape index (κ1) is 10.2. The van der Waals surface area contributed by atoms with Gasteiger partial charge in [-0.05, 0) is 24.3 Å². The normalized spacial score (nSPS) is 29.7. The van der Waals surface area contributed by atoms with Gasteiger partial charge in [0.2, 0.25) is 0 Å². The van der Waals surface area contributed by atoms with Crippen LogP contribution < -0.4 is 5.73 Å². The first-order valence-electron chi connectivity index (χ1n) is 5.00. The molecule has 1 aromatic rings. The molecule has 82 valence electrons. The lowest BCUT2D eigenvalue weighted by Gasteiger charge is -2.35. The largest absolute Gasteiger partial charge is 0.467 e. The van der Waals surface area contributed by atoms with E-state index in [4.69, 9.17) is 10.5 Å². The van der Waals surface area contributed by atoms with Crippen molar-refractivity contribution >= 4 is 5.97 Å². The lowest BCUT2D eigenvalue weighted by atomic mass is 9.74. The standard InChI is InChI=1S/C10H15N3O2/c1-6-3-4-7-5-12-13-8(7)10(6,11)9(14)15-2/h5-6H,3-4,11H2,1-2H3,(H,12,13). The third-order valence-electron chi connectivity index (χ3n) is 3.28. The van der Waals surface area contributed by atoms with Gasteiger partial charge < -0.3 is 10.5 Å². The molecule has 3 N–H and O–H groups in total. The monoisotopic (exact) mass is 209 g/mol. The molecule has 15 heavy (non-hydrogen) atoms. The molecule has 0 amide bonds. The van der Waals surface area contributed by atoms with Gasteiger partial charge in [-0.2, -0.15) is 5.10 Å². The zero-order valence-corrected chi connectivity index (χ0v) is 8.91. The van der Waals surface area contributed by atoms with Crippen LogP contribution in [0.1, 0.15) is 24.6 Å². The average Bonchev–Trinajstić information content (AvgIpc) is 2.71. The summed E-state index contributed by atoms with van der Waals surface area (Å²) in [4.78, 5) is 11.8. The van der Waals surface area contributed by atoms with E-state index in [1.807, 2.05) is 6.92 Å². The third-order valence-corrected chi connectivity index (χ3v) is 3.28. The summed E-state index contributed by atoms with van der Waals surface area (Å²) in [5.41, 5.74) is 6.81. The van der Waals surface area contributed by atoms with Crippen LogP contribution in [0.5, 0.6) is 0 Å². The fourth-order valence-corrected chi connectivity index (χ4v) is 2.18. The number of nitrogens with one attached hydrogen (secondary N) is 1. The minimum Gasteiger partial charge on any atom is -0.467 e. The summed E-state index contributed by atoms with van der Waals surface area (Å²) >= 11 is 0. The molecule has 2 atom stereocenters. The highest BCUT2D eigenvalue weighted by Gasteiger charge is 2.47. The lowest BCUT2D eigenvalue weighted by molar-refractivity contribution is -0.150.